The highest BCUT2D eigenvalue weighted by Gasteiger charge is 1.94. The minimum absolute atomic E-state index is 0.478. The van der Waals surface area contributed by atoms with Gasteiger partial charge < -0.3 is 10.5 Å². The molecule has 1 rings (SSSR count). The number of nitrogens with two attached hydrogens (primary N) is 1. The fraction of sp³-hybridized carbons (Fsp3) is 0.500. The van der Waals surface area contributed by atoms with Crippen LogP contribution in [0.4, 0.5) is 0 Å². The van der Waals surface area contributed by atoms with Gasteiger partial charge in [-0.25, -0.2) is 0 Å². The number of pyridine rings is 1. The zero-order valence-electron chi connectivity index (χ0n) is 8.40. The van der Waals surface area contributed by atoms with Crippen molar-refractivity contribution in [1.29, 1.82) is 0 Å². The van der Waals surface area contributed by atoms with Crippen molar-refractivity contribution in [3.8, 4) is 5.75 Å². The summed E-state index contributed by atoms with van der Waals surface area (Å²) >= 11 is 1.87. The molecule has 3 nitrogen and oxygen atoms in total. The maximum Gasteiger partial charge on any atom is 0.137 e. The molecule has 0 atom stereocenters. The van der Waals surface area contributed by atoms with Gasteiger partial charge in [0.1, 0.15) is 5.75 Å². The Morgan fingerprint density at radius 3 is 2.93 bits per heavy atom. The van der Waals surface area contributed by atoms with Crippen molar-refractivity contribution in [3.05, 3.63) is 24.0 Å². The van der Waals surface area contributed by atoms with Crippen LogP contribution in [0.2, 0.25) is 0 Å². The summed E-state index contributed by atoms with van der Waals surface area (Å²) in [6, 6.07) is 3.80. The smallest absolute Gasteiger partial charge is 0.137 e. The number of thioether (sulfide) groups is 1. The monoisotopic (exact) mass is 212 g/mol. The van der Waals surface area contributed by atoms with Gasteiger partial charge in [-0.2, -0.15) is 11.8 Å². The second-order valence-corrected chi connectivity index (χ2v) is 4.13. The van der Waals surface area contributed by atoms with Crippen LogP contribution in [-0.2, 0) is 6.54 Å². The van der Waals surface area contributed by atoms with E-state index in [1.165, 1.54) is 0 Å². The molecule has 2 N–H and O–H groups in total. The molecule has 0 saturated heterocycles. The molecule has 0 aromatic carbocycles. The third-order valence-corrected chi connectivity index (χ3v) is 2.57. The van der Waals surface area contributed by atoms with E-state index in [2.05, 4.69) is 11.9 Å². The maximum atomic E-state index is 5.48. The Balaban J connectivity index is 2.29. The Labute approximate surface area is 89.1 Å². The Morgan fingerprint density at radius 1 is 1.50 bits per heavy atom. The van der Waals surface area contributed by atoms with Crippen molar-refractivity contribution in [2.75, 3.05) is 18.1 Å². The molecule has 0 saturated carbocycles. The minimum Gasteiger partial charge on any atom is -0.491 e. The summed E-state index contributed by atoms with van der Waals surface area (Å²) in [6.45, 7) is 3.36. The summed E-state index contributed by atoms with van der Waals surface area (Å²) in [7, 11) is 0. The quantitative estimate of drug-likeness (QED) is 0.729. The van der Waals surface area contributed by atoms with Crippen molar-refractivity contribution in [3.63, 3.8) is 0 Å². The minimum atomic E-state index is 0.478. The number of ether oxygens (including phenoxy) is 1. The molecule has 1 aromatic heterocycles. The first-order valence-corrected chi connectivity index (χ1v) is 5.87. The molecule has 0 spiro atoms. The van der Waals surface area contributed by atoms with Crippen LogP contribution in [0.25, 0.3) is 0 Å². The van der Waals surface area contributed by atoms with E-state index in [1.807, 2.05) is 23.9 Å². The molecule has 1 aromatic rings. The van der Waals surface area contributed by atoms with Crippen LogP contribution >= 0.6 is 11.8 Å². The van der Waals surface area contributed by atoms with E-state index >= 15 is 0 Å². The first kappa shape index (κ1) is 11.3. The van der Waals surface area contributed by atoms with Crippen LogP contribution in [0.15, 0.2) is 18.3 Å². The van der Waals surface area contributed by atoms with Gasteiger partial charge in [0.05, 0.1) is 18.5 Å². The van der Waals surface area contributed by atoms with Crippen LogP contribution in [-0.4, -0.2) is 23.1 Å². The van der Waals surface area contributed by atoms with E-state index in [9.17, 15) is 0 Å². The normalized spacial score (nSPS) is 10.1. The number of hydrogen-bond donors (Lipinski definition) is 1. The molecule has 0 radical (unpaired) electrons. The SMILES string of the molecule is CCSCCOc1ccc(CN)nc1. The predicted octanol–water partition coefficient (Wildman–Crippen LogP) is 1.67. The van der Waals surface area contributed by atoms with Gasteiger partial charge in [0.15, 0.2) is 0 Å². The number of aromatic nitrogens is 1. The molecule has 0 bridgehead atoms. The summed E-state index contributed by atoms with van der Waals surface area (Å²) in [4.78, 5) is 4.14. The molecule has 14 heavy (non-hydrogen) atoms. The van der Waals surface area contributed by atoms with E-state index in [1.54, 1.807) is 6.20 Å². The Bertz CT molecular complexity index is 251. The summed E-state index contributed by atoms with van der Waals surface area (Å²) in [5, 5.41) is 0. The second kappa shape index (κ2) is 6.68. The largest absolute Gasteiger partial charge is 0.491 e. The standard InChI is InChI=1S/C10H16N2OS/c1-2-14-6-5-13-10-4-3-9(7-11)12-8-10/h3-4,8H,2,5-7,11H2,1H3. The second-order valence-electron chi connectivity index (χ2n) is 2.73. The van der Waals surface area contributed by atoms with Crippen molar-refractivity contribution in [2.45, 2.75) is 13.5 Å². The third kappa shape index (κ3) is 3.98. The molecule has 0 aliphatic rings. The lowest BCUT2D eigenvalue weighted by Gasteiger charge is -2.05. The van der Waals surface area contributed by atoms with E-state index in [4.69, 9.17) is 10.5 Å². The lowest BCUT2D eigenvalue weighted by molar-refractivity contribution is 0.342. The zero-order valence-corrected chi connectivity index (χ0v) is 9.22. The average molecular weight is 212 g/mol. The van der Waals surface area contributed by atoms with Gasteiger partial charge in [-0.05, 0) is 17.9 Å². The molecule has 0 fully saturated rings. The predicted molar refractivity (Wildman–Crippen MR) is 60.6 cm³/mol. The van der Waals surface area contributed by atoms with Crippen molar-refractivity contribution in [1.82, 2.24) is 4.98 Å². The number of nitrogens with zero attached hydrogens (tertiary/aromatic N) is 1. The van der Waals surface area contributed by atoms with Crippen LogP contribution in [0, 0.1) is 0 Å². The van der Waals surface area contributed by atoms with E-state index in [0.717, 1.165) is 29.6 Å². The molecule has 0 aliphatic carbocycles. The number of rotatable bonds is 6. The van der Waals surface area contributed by atoms with Crippen LogP contribution in [0.5, 0.6) is 5.75 Å². The van der Waals surface area contributed by atoms with Crippen molar-refractivity contribution >= 4 is 11.8 Å². The topological polar surface area (TPSA) is 48.1 Å². The maximum absolute atomic E-state index is 5.48. The molecular formula is C10H16N2OS. The molecule has 1 heterocycles. The van der Waals surface area contributed by atoms with E-state index in [0.29, 0.717) is 6.54 Å². The van der Waals surface area contributed by atoms with Crippen LogP contribution < -0.4 is 10.5 Å². The summed E-state index contributed by atoms with van der Waals surface area (Å²) < 4.78 is 5.48. The van der Waals surface area contributed by atoms with E-state index < -0.39 is 0 Å². The lowest BCUT2D eigenvalue weighted by Crippen LogP contribution is -2.02. The van der Waals surface area contributed by atoms with Crippen molar-refractivity contribution < 1.29 is 4.74 Å². The summed E-state index contributed by atoms with van der Waals surface area (Å²) in [6.07, 6.45) is 1.72. The molecular weight excluding hydrogens is 196 g/mol. The van der Waals surface area contributed by atoms with Gasteiger partial charge in [0.2, 0.25) is 0 Å². The van der Waals surface area contributed by atoms with Gasteiger partial charge in [-0.1, -0.05) is 6.92 Å². The third-order valence-electron chi connectivity index (χ3n) is 1.71. The zero-order chi connectivity index (χ0) is 10.2. The van der Waals surface area contributed by atoms with Gasteiger partial charge in [-0.15, -0.1) is 0 Å². The van der Waals surface area contributed by atoms with E-state index in [-0.39, 0.29) is 0 Å². The van der Waals surface area contributed by atoms with Gasteiger partial charge in [0.25, 0.3) is 0 Å². The molecule has 0 amide bonds. The fourth-order valence-corrected chi connectivity index (χ4v) is 1.47. The highest BCUT2D eigenvalue weighted by Crippen LogP contribution is 2.09. The molecule has 78 valence electrons. The lowest BCUT2D eigenvalue weighted by atomic mass is 10.3. The van der Waals surface area contributed by atoms with Gasteiger partial charge >= 0.3 is 0 Å². The first-order valence-electron chi connectivity index (χ1n) is 4.72. The Kier molecular flexibility index (Phi) is 5.40. The fourth-order valence-electron chi connectivity index (χ4n) is 0.980. The van der Waals surface area contributed by atoms with Gasteiger partial charge in [-0.3, -0.25) is 4.98 Å². The number of hydrogen-bond acceptors (Lipinski definition) is 4. The highest BCUT2D eigenvalue weighted by atomic mass is 32.2. The van der Waals surface area contributed by atoms with Crippen molar-refractivity contribution in [2.24, 2.45) is 5.73 Å². The first-order chi connectivity index (χ1) is 6.86. The summed E-state index contributed by atoms with van der Waals surface area (Å²) in [5.74, 6) is 2.97. The van der Waals surface area contributed by atoms with Crippen LogP contribution in [0.1, 0.15) is 12.6 Å². The highest BCUT2D eigenvalue weighted by molar-refractivity contribution is 7.99. The Morgan fingerprint density at radius 2 is 2.36 bits per heavy atom. The van der Waals surface area contributed by atoms with Crippen LogP contribution in [0.3, 0.4) is 0 Å². The van der Waals surface area contributed by atoms with Gasteiger partial charge in [0, 0.05) is 12.3 Å². The molecule has 0 aliphatic heterocycles. The molecule has 4 heteroatoms. The Hall–Kier alpha value is -0.740. The average Bonchev–Trinajstić information content (AvgIpc) is 2.25. The summed E-state index contributed by atoms with van der Waals surface area (Å²) in [5.41, 5.74) is 6.32. The molecule has 0 unspecified atom stereocenters.